The van der Waals surface area contributed by atoms with Crippen LogP contribution in [0.3, 0.4) is 0 Å². The minimum atomic E-state index is 0.979. The van der Waals surface area contributed by atoms with Crippen LogP contribution in [0.15, 0.2) is 24.3 Å². The second kappa shape index (κ2) is 7.14. The molecule has 1 aromatic carbocycles. The van der Waals surface area contributed by atoms with Crippen LogP contribution < -0.4 is 15.0 Å². The van der Waals surface area contributed by atoms with E-state index >= 15 is 0 Å². The number of hydrogen-bond acceptors (Lipinski definition) is 4. The predicted molar refractivity (Wildman–Crippen MR) is 87.2 cm³/mol. The van der Waals surface area contributed by atoms with Crippen molar-refractivity contribution >= 4 is 5.69 Å². The fourth-order valence-corrected chi connectivity index (χ4v) is 2.97. The molecule has 116 valence electrons. The molecule has 1 heterocycles. The van der Waals surface area contributed by atoms with Crippen LogP contribution in [0.5, 0.6) is 5.75 Å². The lowest BCUT2D eigenvalue weighted by molar-refractivity contribution is 0.256. The van der Waals surface area contributed by atoms with E-state index in [4.69, 9.17) is 4.74 Å². The maximum Gasteiger partial charge on any atom is 0.142 e. The van der Waals surface area contributed by atoms with E-state index in [0.717, 1.165) is 44.4 Å². The van der Waals surface area contributed by atoms with Gasteiger partial charge in [-0.1, -0.05) is 12.1 Å². The smallest absolute Gasteiger partial charge is 0.142 e. The SMILES string of the molecule is COc1ccccc1N1CCN(CCNCC2CC2)CC1. The highest BCUT2D eigenvalue weighted by Gasteiger charge is 2.21. The molecule has 1 N–H and O–H groups in total. The summed E-state index contributed by atoms with van der Waals surface area (Å²) in [4.78, 5) is 5.00. The minimum absolute atomic E-state index is 0.979. The number of para-hydroxylation sites is 2. The van der Waals surface area contributed by atoms with Crippen LogP contribution in [0.25, 0.3) is 0 Å². The van der Waals surface area contributed by atoms with Gasteiger partial charge in [0.05, 0.1) is 12.8 Å². The van der Waals surface area contributed by atoms with Crippen molar-refractivity contribution in [3.63, 3.8) is 0 Å². The molecule has 0 atom stereocenters. The topological polar surface area (TPSA) is 27.7 Å². The molecule has 0 amide bonds. The largest absolute Gasteiger partial charge is 0.495 e. The summed E-state index contributed by atoms with van der Waals surface area (Å²) in [6.45, 7) is 7.98. The predicted octanol–water partition coefficient (Wildman–Crippen LogP) is 1.82. The highest BCUT2D eigenvalue weighted by atomic mass is 16.5. The van der Waals surface area contributed by atoms with Crippen molar-refractivity contribution in [3.05, 3.63) is 24.3 Å². The maximum absolute atomic E-state index is 5.47. The first kappa shape index (κ1) is 14.7. The zero-order valence-corrected chi connectivity index (χ0v) is 13.1. The third kappa shape index (κ3) is 4.11. The van der Waals surface area contributed by atoms with E-state index in [1.54, 1.807) is 7.11 Å². The van der Waals surface area contributed by atoms with E-state index in [9.17, 15) is 0 Å². The summed E-state index contributed by atoms with van der Waals surface area (Å²) in [5.41, 5.74) is 1.23. The molecule has 2 aliphatic rings. The maximum atomic E-state index is 5.47. The molecule has 1 saturated heterocycles. The molecule has 0 bridgehead atoms. The second-order valence-corrected chi connectivity index (χ2v) is 6.15. The highest BCUT2D eigenvalue weighted by molar-refractivity contribution is 5.58. The van der Waals surface area contributed by atoms with Crippen molar-refractivity contribution < 1.29 is 4.74 Å². The first-order valence-corrected chi connectivity index (χ1v) is 8.18. The lowest BCUT2D eigenvalue weighted by atomic mass is 10.2. The van der Waals surface area contributed by atoms with Gasteiger partial charge in [0.15, 0.2) is 0 Å². The Bertz CT molecular complexity index is 439. The van der Waals surface area contributed by atoms with Crippen molar-refractivity contribution in [1.29, 1.82) is 0 Å². The Morgan fingerprint density at radius 2 is 1.90 bits per heavy atom. The summed E-state index contributed by atoms with van der Waals surface area (Å²) in [6.07, 6.45) is 2.87. The first-order chi connectivity index (χ1) is 10.4. The van der Waals surface area contributed by atoms with Crippen molar-refractivity contribution in [3.8, 4) is 5.75 Å². The number of hydrogen-bond donors (Lipinski definition) is 1. The molecule has 0 radical (unpaired) electrons. The molecule has 2 fully saturated rings. The summed E-state index contributed by atoms with van der Waals surface area (Å²) < 4.78 is 5.47. The van der Waals surface area contributed by atoms with Gasteiger partial charge >= 0.3 is 0 Å². The lowest BCUT2D eigenvalue weighted by Crippen LogP contribution is -2.48. The Balaban J connectivity index is 1.41. The van der Waals surface area contributed by atoms with Crippen LogP contribution in [0.4, 0.5) is 5.69 Å². The number of rotatable bonds is 7. The van der Waals surface area contributed by atoms with Gasteiger partial charge in [0.2, 0.25) is 0 Å². The van der Waals surface area contributed by atoms with Gasteiger partial charge in [-0.3, -0.25) is 4.90 Å². The van der Waals surface area contributed by atoms with Gasteiger partial charge < -0.3 is 15.0 Å². The van der Waals surface area contributed by atoms with Crippen molar-refractivity contribution in [2.75, 3.05) is 57.8 Å². The standard InChI is InChI=1S/C17H27N3O/c1-21-17-5-3-2-4-16(17)20-12-10-19(11-13-20)9-8-18-14-15-6-7-15/h2-5,15,18H,6-14H2,1H3. The van der Waals surface area contributed by atoms with E-state index in [2.05, 4.69) is 27.2 Å². The van der Waals surface area contributed by atoms with Crippen molar-refractivity contribution in [2.24, 2.45) is 5.92 Å². The Morgan fingerprint density at radius 1 is 1.14 bits per heavy atom. The van der Waals surface area contributed by atoms with Gasteiger partial charge in [-0.2, -0.15) is 0 Å². The summed E-state index contributed by atoms with van der Waals surface area (Å²) >= 11 is 0. The summed E-state index contributed by atoms with van der Waals surface area (Å²) in [5.74, 6) is 1.96. The minimum Gasteiger partial charge on any atom is -0.495 e. The molecule has 4 heteroatoms. The van der Waals surface area contributed by atoms with Gasteiger partial charge in [0.25, 0.3) is 0 Å². The average Bonchev–Trinajstić information content (AvgIpc) is 3.36. The Morgan fingerprint density at radius 3 is 2.62 bits per heavy atom. The fraction of sp³-hybridized carbons (Fsp3) is 0.647. The van der Waals surface area contributed by atoms with Crippen LogP contribution in [-0.4, -0.2) is 57.8 Å². The Hall–Kier alpha value is -1.26. The summed E-state index contributed by atoms with van der Waals surface area (Å²) in [5, 5.41) is 3.58. The number of piperazine rings is 1. The van der Waals surface area contributed by atoms with Crippen LogP contribution in [0.1, 0.15) is 12.8 Å². The van der Waals surface area contributed by atoms with Gasteiger partial charge in [-0.05, 0) is 37.4 Å². The normalized spacial score (nSPS) is 19.8. The van der Waals surface area contributed by atoms with Crippen LogP contribution in [-0.2, 0) is 0 Å². The summed E-state index contributed by atoms with van der Waals surface area (Å²) in [6, 6.07) is 8.32. The number of nitrogens with one attached hydrogen (secondary N) is 1. The molecular weight excluding hydrogens is 262 g/mol. The van der Waals surface area contributed by atoms with Crippen LogP contribution >= 0.6 is 0 Å². The van der Waals surface area contributed by atoms with Crippen molar-refractivity contribution in [2.45, 2.75) is 12.8 Å². The molecule has 1 saturated carbocycles. The molecule has 21 heavy (non-hydrogen) atoms. The lowest BCUT2D eigenvalue weighted by Gasteiger charge is -2.36. The molecule has 1 aliphatic carbocycles. The summed E-state index contributed by atoms with van der Waals surface area (Å²) in [7, 11) is 1.75. The molecule has 0 unspecified atom stereocenters. The zero-order chi connectivity index (χ0) is 14.5. The van der Waals surface area contributed by atoms with Crippen LogP contribution in [0, 0.1) is 5.92 Å². The number of anilines is 1. The molecule has 4 nitrogen and oxygen atoms in total. The molecule has 0 aromatic heterocycles. The Labute approximate surface area is 128 Å². The first-order valence-electron chi connectivity index (χ1n) is 8.18. The van der Waals surface area contributed by atoms with Crippen LogP contribution in [0.2, 0.25) is 0 Å². The van der Waals surface area contributed by atoms with Gasteiger partial charge in [-0.25, -0.2) is 0 Å². The molecule has 3 rings (SSSR count). The number of ether oxygens (including phenoxy) is 1. The third-order valence-corrected chi connectivity index (χ3v) is 4.53. The average molecular weight is 289 g/mol. The van der Waals surface area contributed by atoms with E-state index in [1.807, 2.05) is 12.1 Å². The molecule has 1 aromatic rings. The molecular formula is C17H27N3O. The highest BCUT2D eigenvalue weighted by Crippen LogP contribution is 2.28. The number of methoxy groups -OCH3 is 1. The number of nitrogens with zero attached hydrogens (tertiary/aromatic N) is 2. The van der Waals surface area contributed by atoms with Gasteiger partial charge in [0, 0.05) is 39.3 Å². The van der Waals surface area contributed by atoms with Gasteiger partial charge in [0.1, 0.15) is 5.75 Å². The Kier molecular flexibility index (Phi) is 4.99. The van der Waals surface area contributed by atoms with E-state index in [-0.39, 0.29) is 0 Å². The van der Waals surface area contributed by atoms with Gasteiger partial charge in [-0.15, -0.1) is 0 Å². The second-order valence-electron chi connectivity index (χ2n) is 6.15. The third-order valence-electron chi connectivity index (χ3n) is 4.53. The zero-order valence-electron chi connectivity index (χ0n) is 13.1. The van der Waals surface area contributed by atoms with E-state index in [0.29, 0.717) is 0 Å². The monoisotopic (exact) mass is 289 g/mol. The number of benzene rings is 1. The van der Waals surface area contributed by atoms with E-state index < -0.39 is 0 Å². The van der Waals surface area contributed by atoms with E-state index in [1.165, 1.54) is 31.6 Å². The van der Waals surface area contributed by atoms with Crippen molar-refractivity contribution in [1.82, 2.24) is 10.2 Å². The quantitative estimate of drug-likeness (QED) is 0.775. The fourth-order valence-electron chi connectivity index (χ4n) is 2.97. The molecule has 1 aliphatic heterocycles. The molecule has 0 spiro atoms.